The van der Waals surface area contributed by atoms with E-state index in [1.807, 2.05) is 0 Å². The number of anilines is 2. The maximum absolute atomic E-state index is 6.08. The molecular formula is C16H25N3. The highest BCUT2D eigenvalue weighted by molar-refractivity contribution is 5.64. The van der Waals surface area contributed by atoms with E-state index in [-0.39, 0.29) is 0 Å². The summed E-state index contributed by atoms with van der Waals surface area (Å²) in [5.74, 6) is 1.71. The van der Waals surface area contributed by atoms with E-state index in [2.05, 4.69) is 42.8 Å². The van der Waals surface area contributed by atoms with Crippen molar-refractivity contribution < 1.29 is 0 Å². The highest BCUT2D eigenvalue weighted by Crippen LogP contribution is 2.36. The van der Waals surface area contributed by atoms with E-state index in [9.17, 15) is 0 Å². The smallest absolute Gasteiger partial charge is 0.0400 e. The van der Waals surface area contributed by atoms with Gasteiger partial charge in [0, 0.05) is 37.6 Å². The summed E-state index contributed by atoms with van der Waals surface area (Å²) in [6.45, 7) is 9.31. The predicted octanol–water partition coefficient (Wildman–Crippen LogP) is 2.14. The largest absolute Gasteiger partial charge is 0.398 e. The topological polar surface area (TPSA) is 32.5 Å². The number of nitrogens with zero attached hydrogens (tertiary/aromatic N) is 2. The summed E-state index contributed by atoms with van der Waals surface area (Å²) in [6.07, 6.45) is 1.02. The Morgan fingerprint density at radius 2 is 1.79 bits per heavy atom. The first kappa shape index (κ1) is 12.8. The Morgan fingerprint density at radius 3 is 2.37 bits per heavy atom. The van der Waals surface area contributed by atoms with Crippen LogP contribution in [0.5, 0.6) is 0 Å². The quantitative estimate of drug-likeness (QED) is 0.826. The van der Waals surface area contributed by atoms with Crippen molar-refractivity contribution in [3.8, 4) is 0 Å². The van der Waals surface area contributed by atoms with Gasteiger partial charge in [-0.15, -0.1) is 0 Å². The molecule has 2 heterocycles. The molecule has 0 aliphatic carbocycles. The lowest BCUT2D eigenvalue weighted by Gasteiger charge is -2.24. The highest BCUT2D eigenvalue weighted by atomic mass is 15.2. The van der Waals surface area contributed by atoms with Gasteiger partial charge in [0.25, 0.3) is 0 Å². The minimum atomic E-state index is 0.854. The lowest BCUT2D eigenvalue weighted by Crippen LogP contribution is -2.27. The van der Waals surface area contributed by atoms with Gasteiger partial charge in [0.2, 0.25) is 0 Å². The van der Waals surface area contributed by atoms with E-state index in [0.717, 1.165) is 23.9 Å². The van der Waals surface area contributed by atoms with Gasteiger partial charge in [-0.3, -0.25) is 0 Å². The SMILES string of the molecule is CCc1cc(N2CC3CN(C)CC3C2)c(C)cc1N. The van der Waals surface area contributed by atoms with Crippen molar-refractivity contribution in [1.82, 2.24) is 4.90 Å². The van der Waals surface area contributed by atoms with Crippen LogP contribution in [0.25, 0.3) is 0 Å². The van der Waals surface area contributed by atoms with Crippen LogP contribution in [0.1, 0.15) is 18.1 Å². The van der Waals surface area contributed by atoms with Crippen LogP contribution in [0.15, 0.2) is 12.1 Å². The van der Waals surface area contributed by atoms with Crippen molar-refractivity contribution in [2.75, 3.05) is 43.9 Å². The number of fused-ring (bicyclic) bond motifs is 1. The van der Waals surface area contributed by atoms with Crippen LogP contribution in [0.2, 0.25) is 0 Å². The third-order valence-corrected chi connectivity index (χ3v) is 4.85. The molecular weight excluding hydrogens is 234 g/mol. The first-order valence-corrected chi connectivity index (χ1v) is 7.41. The fourth-order valence-corrected chi connectivity index (χ4v) is 3.83. The Bertz CT molecular complexity index is 469. The number of hydrogen-bond acceptors (Lipinski definition) is 3. The van der Waals surface area contributed by atoms with Gasteiger partial charge in [0.05, 0.1) is 0 Å². The second kappa shape index (κ2) is 4.71. The Kier molecular flexibility index (Phi) is 3.17. The molecule has 2 N–H and O–H groups in total. The number of benzene rings is 1. The summed E-state index contributed by atoms with van der Waals surface area (Å²) in [5.41, 5.74) is 11.0. The zero-order valence-electron chi connectivity index (χ0n) is 12.3. The first-order valence-electron chi connectivity index (χ1n) is 7.41. The molecule has 3 rings (SSSR count). The van der Waals surface area contributed by atoms with Crippen molar-refractivity contribution in [2.24, 2.45) is 11.8 Å². The number of aryl methyl sites for hydroxylation is 2. The van der Waals surface area contributed by atoms with Crippen LogP contribution in [-0.2, 0) is 6.42 Å². The minimum Gasteiger partial charge on any atom is -0.398 e. The zero-order chi connectivity index (χ0) is 13.6. The average molecular weight is 259 g/mol. The van der Waals surface area contributed by atoms with Crippen LogP contribution in [0.3, 0.4) is 0 Å². The zero-order valence-corrected chi connectivity index (χ0v) is 12.3. The van der Waals surface area contributed by atoms with Crippen molar-refractivity contribution in [3.63, 3.8) is 0 Å². The minimum absolute atomic E-state index is 0.854. The molecule has 0 spiro atoms. The van der Waals surface area contributed by atoms with E-state index in [1.165, 1.54) is 43.0 Å². The summed E-state index contributed by atoms with van der Waals surface area (Å²) in [7, 11) is 2.24. The van der Waals surface area contributed by atoms with Crippen LogP contribution in [-0.4, -0.2) is 38.1 Å². The molecule has 0 amide bonds. The molecule has 19 heavy (non-hydrogen) atoms. The summed E-state index contributed by atoms with van der Waals surface area (Å²) in [4.78, 5) is 5.05. The molecule has 0 bridgehead atoms. The van der Waals surface area contributed by atoms with Gasteiger partial charge in [-0.1, -0.05) is 6.92 Å². The number of likely N-dealkylation sites (tertiary alicyclic amines) is 1. The van der Waals surface area contributed by atoms with Crippen LogP contribution in [0.4, 0.5) is 11.4 Å². The predicted molar refractivity (Wildman–Crippen MR) is 81.7 cm³/mol. The van der Waals surface area contributed by atoms with Gasteiger partial charge < -0.3 is 15.5 Å². The summed E-state index contributed by atoms with van der Waals surface area (Å²) in [6, 6.07) is 4.46. The van der Waals surface area contributed by atoms with Crippen LogP contribution in [0, 0.1) is 18.8 Å². The molecule has 0 radical (unpaired) electrons. The lowest BCUT2D eigenvalue weighted by molar-refractivity contribution is 0.387. The Hall–Kier alpha value is -1.22. The Morgan fingerprint density at radius 1 is 1.16 bits per heavy atom. The lowest BCUT2D eigenvalue weighted by atomic mass is 10.0. The molecule has 2 aliphatic rings. The first-order chi connectivity index (χ1) is 9.08. The standard InChI is InChI=1S/C16H25N3/c1-4-12-6-16(11(2)5-15(12)17)19-9-13-7-18(3)8-14(13)10-19/h5-6,13-14H,4,7-10,17H2,1-3H3. The van der Waals surface area contributed by atoms with Gasteiger partial charge in [0.15, 0.2) is 0 Å². The van der Waals surface area contributed by atoms with E-state index < -0.39 is 0 Å². The maximum atomic E-state index is 6.08. The van der Waals surface area contributed by atoms with Crippen molar-refractivity contribution in [3.05, 3.63) is 23.3 Å². The number of nitrogen functional groups attached to an aromatic ring is 1. The normalized spacial score (nSPS) is 27.0. The average Bonchev–Trinajstić information content (AvgIpc) is 2.86. The van der Waals surface area contributed by atoms with Crippen molar-refractivity contribution >= 4 is 11.4 Å². The third kappa shape index (κ3) is 2.20. The van der Waals surface area contributed by atoms with Crippen LogP contribution >= 0.6 is 0 Å². The fraction of sp³-hybridized carbons (Fsp3) is 0.625. The molecule has 2 saturated heterocycles. The molecule has 3 nitrogen and oxygen atoms in total. The van der Waals surface area contributed by atoms with E-state index in [4.69, 9.17) is 5.73 Å². The van der Waals surface area contributed by atoms with Crippen molar-refractivity contribution in [2.45, 2.75) is 20.3 Å². The van der Waals surface area contributed by atoms with E-state index in [1.54, 1.807) is 0 Å². The molecule has 1 aromatic carbocycles. The van der Waals surface area contributed by atoms with Gasteiger partial charge in [-0.25, -0.2) is 0 Å². The summed E-state index contributed by atoms with van der Waals surface area (Å²) < 4.78 is 0. The Labute approximate surface area is 116 Å². The molecule has 104 valence electrons. The molecule has 2 aliphatic heterocycles. The van der Waals surface area contributed by atoms with Gasteiger partial charge in [0.1, 0.15) is 0 Å². The molecule has 2 fully saturated rings. The molecule has 0 aromatic heterocycles. The van der Waals surface area contributed by atoms with E-state index >= 15 is 0 Å². The molecule has 2 atom stereocenters. The van der Waals surface area contributed by atoms with Crippen LogP contribution < -0.4 is 10.6 Å². The molecule has 3 heteroatoms. The number of rotatable bonds is 2. The van der Waals surface area contributed by atoms with Gasteiger partial charge >= 0.3 is 0 Å². The fourth-order valence-electron chi connectivity index (χ4n) is 3.83. The molecule has 0 saturated carbocycles. The Balaban J connectivity index is 1.84. The van der Waals surface area contributed by atoms with E-state index in [0.29, 0.717) is 0 Å². The molecule has 1 aromatic rings. The summed E-state index contributed by atoms with van der Waals surface area (Å²) >= 11 is 0. The number of nitrogens with two attached hydrogens (primary N) is 1. The second-order valence-electron chi connectivity index (χ2n) is 6.34. The monoisotopic (exact) mass is 259 g/mol. The van der Waals surface area contributed by atoms with Gasteiger partial charge in [-0.05, 0) is 55.5 Å². The maximum Gasteiger partial charge on any atom is 0.0400 e. The second-order valence-corrected chi connectivity index (χ2v) is 6.34. The van der Waals surface area contributed by atoms with Crippen molar-refractivity contribution in [1.29, 1.82) is 0 Å². The number of hydrogen-bond donors (Lipinski definition) is 1. The van der Waals surface area contributed by atoms with Gasteiger partial charge in [-0.2, -0.15) is 0 Å². The third-order valence-electron chi connectivity index (χ3n) is 4.85. The summed E-state index contributed by atoms with van der Waals surface area (Å²) in [5, 5.41) is 0. The highest BCUT2D eigenvalue weighted by Gasteiger charge is 2.39. The molecule has 2 unspecified atom stereocenters.